The van der Waals surface area contributed by atoms with Gasteiger partial charge in [0.1, 0.15) is 5.01 Å². The molecule has 0 atom stereocenters. The van der Waals surface area contributed by atoms with Crippen molar-refractivity contribution in [3.8, 4) is 11.3 Å². The molecule has 2 saturated heterocycles. The average Bonchev–Trinajstić information content (AvgIpc) is 3.49. The summed E-state index contributed by atoms with van der Waals surface area (Å²) in [5, 5.41) is 6.59. The number of piperidine rings is 1. The van der Waals surface area contributed by atoms with Gasteiger partial charge in [-0.05, 0) is 51.0 Å². The molecule has 5 rings (SSSR count). The van der Waals surface area contributed by atoms with Gasteiger partial charge >= 0.3 is 0 Å². The monoisotopic (exact) mass is 531 g/mol. The third-order valence-corrected chi connectivity index (χ3v) is 9.29. The Labute approximate surface area is 231 Å². The van der Waals surface area contributed by atoms with Crippen molar-refractivity contribution in [2.75, 3.05) is 65.4 Å². The van der Waals surface area contributed by atoms with Gasteiger partial charge in [-0.3, -0.25) is 9.69 Å². The van der Waals surface area contributed by atoms with E-state index in [0.29, 0.717) is 12.1 Å². The number of nitrogens with one attached hydrogen (secondary N) is 1. The van der Waals surface area contributed by atoms with Crippen molar-refractivity contribution >= 4 is 17.2 Å². The number of aromatic nitrogens is 1. The minimum atomic E-state index is -0.135. The number of piperazine rings is 1. The normalized spacial score (nSPS) is 18.9. The van der Waals surface area contributed by atoms with Crippen LogP contribution in [0.25, 0.3) is 11.3 Å². The summed E-state index contributed by atoms with van der Waals surface area (Å²) in [5.41, 5.74) is 2.76. The maximum atomic E-state index is 12.9. The molecule has 1 aromatic heterocycles. The standard InChI is InChI=1S/C31H41N5OS/c1-2-15-34-18-21-36(22-19-34)23-20-35-16-13-31(14-17-35,25-32-29(37)27-11-7-4-8-12-27)30-33-28(24-38-30)26-9-5-3-6-10-26/h3-12,24H,2,13-23,25H2,1H3,(H,32,37). The predicted octanol–water partition coefficient (Wildman–Crippen LogP) is 4.60. The minimum absolute atomic E-state index is 0.00513. The van der Waals surface area contributed by atoms with Crippen LogP contribution in [0.1, 0.15) is 41.6 Å². The average molecular weight is 532 g/mol. The lowest BCUT2D eigenvalue weighted by atomic mass is 9.78. The number of hydrogen-bond acceptors (Lipinski definition) is 6. The van der Waals surface area contributed by atoms with E-state index in [4.69, 9.17) is 4.98 Å². The Bertz CT molecular complexity index is 1140. The van der Waals surface area contributed by atoms with Crippen molar-refractivity contribution in [1.82, 2.24) is 25.0 Å². The Morgan fingerprint density at radius 2 is 1.42 bits per heavy atom. The summed E-state index contributed by atoms with van der Waals surface area (Å²) in [5.74, 6) is -0.00513. The van der Waals surface area contributed by atoms with E-state index < -0.39 is 0 Å². The first-order valence-corrected chi connectivity index (χ1v) is 15.0. The lowest BCUT2D eigenvalue weighted by molar-refractivity contribution is 0.0895. The molecule has 0 radical (unpaired) electrons. The van der Waals surface area contributed by atoms with E-state index in [1.807, 2.05) is 36.4 Å². The van der Waals surface area contributed by atoms with E-state index in [2.05, 4.69) is 56.6 Å². The molecule has 2 aromatic carbocycles. The summed E-state index contributed by atoms with van der Waals surface area (Å²) in [6, 6.07) is 19.9. The molecule has 202 valence electrons. The summed E-state index contributed by atoms with van der Waals surface area (Å²) in [6.07, 6.45) is 3.26. The van der Waals surface area contributed by atoms with Crippen LogP contribution in [0.4, 0.5) is 0 Å². The number of hydrogen-bond donors (Lipinski definition) is 1. The van der Waals surface area contributed by atoms with E-state index >= 15 is 0 Å². The Morgan fingerprint density at radius 3 is 2.05 bits per heavy atom. The summed E-state index contributed by atoms with van der Waals surface area (Å²) in [6.45, 7) is 13.2. The molecule has 0 aliphatic carbocycles. The molecule has 2 fully saturated rings. The van der Waals surface area contributed by atoms with Gasteiger partial charge in [-0.2, -0.15) is 0 Å². The molecule has 0 saturated carbocycles. The summed E-state index contributed by atoms with van der Waals surface area (Å²) in [7, 11) is 0. The van der Waals surface area contributed by atoms with Gasteiger partial charge in [-0.15, -0.1) is 11.3 Å². The third kappa shape index (κ3) is 6.70. The molecule has 0 spiro atoms. The van der Waals surface area contributed by atoms with Gasteiger partial charge in [0.05, 0.1) is 5.69 Å². The van der Waals surface area contributed by atoms with Gasteiger partial charge in [0, 0.05) is 67.7 Å². The maximum absolute atomic E-state index is 12.9. The van der Waals surface area contributed by atoms with E-state index in [1.165, 1.54) is 39.1 Å². The highest BCUT2D eigenvalue weighted by Crippen LogP contribution is 2.38. The summed E-state index contributed by atoms with van der Waals surface area (Å²) >= 11 is 1.74. The zero-order valence-corrected chi connectivity index (χ0v) is 23.5. The van der Waals surface area contributed by atoms with Gasteiger partial charge < -0.3 is 15.1 Å². The molecule has 1 N–H and O–H groups in total. The maximum Gasteiger partial charge on any atom is 0.251 e. The van der Waals surface area contributed by atoms with Gasteiger partial charge in [-0.1, -0.05) is 55.5 Å². The fourth-order valence-electron chi connectivity index (χ4n) is 5.71. The Morgan fingerprint density at radius 1 is 0.842 bits per heavy atom. The van der Waals surface area contributed by atoms with Crippen LogP contribution in [-0.2, 0) is 5.41 Å². The Kier molecular flexibility index (Phi) is 9.22. The van der Waals surface area contributed by atoms with Crippen LogP contribution < -0.4 is 5.32 Å². The first-order valence-electron chi connectivity index (χ1n) is 14.2. The van der Waals surface area contributed by atoms with Gasteiger partial charge in [-0.25, -0.2) is 4.98 Å². The predicted molar refractivity (Wildman–Crippen MR) is 157 cm³/mol. The van der Waals surface area contributed by atoms with Crippen molar-refractivity contribution in [1.29, 1.82) is 0 Å². The molecular formula is C31H41N5OS. The van der Waals surface area contributed by atoms with Crippen LogP contribution in [0, 0.1) is 0 Å². The number of rotatable bonds is 10. The highest BCUT2D eigenvalue weighted by Gasteiger charge is 2.39. The zero-order valence-electron chi connectivity index (χ0n) is 22.6. The first kappa shape index (κ1) is 27.0. The SMILES string of the molecule is CCCN1CCN(CCN2CCC(CNC(=O)c3ccccc3)(c3nc(-c4ccccc4)cs3)CC2)CC1. The molecule has 3 heterocycles. The number of nitrogens with zero attached hydrogens (tertiary/aromatic N) is 4. The van der Waals surface area contributed by atoms with E-state index in [9.17, 15) is 4.79 Å². The second-order valence-electron chi connectivity index (χ2n) is 10.8. The fraction of sp³-hybridized carbons (Fsp3) is 0.484. The Hall–Kier alpha value is -2.58. The van der Waals surface area contributed by atoms with Crippen LogP contribution in [0.5, 0.6) is 0 Å². The molecule has 7 heteroatoms. The molecule has 2 aliphatic heterocycles. The van der Waals surface area contributed by atoms with Crippen LogP contribution in [0.2, 0.25) is 0 Å². The molecule has 2 aliphatic rings. The lowest BCUT2D eigenvalue weighted by Crippen LogP contribution is -2.52. The van der Waals surface area contributed by atoms with Crippen LogP contribution in [0.3, 0.4) is 0 Å². The van der Waals surface area contributed by atoms with Crippen molar-refractivity contribution in [3.63, 3.8) is 0 Å². The smallest absolute Gasteiger partial charge is 0.251 e. The van der Waals surface area contributed by atoms with Crippen molar-refractivity contribution < 1.29 is 4.79 Å². The molecule has 0 unspecified atom stereocenters. The van der Waals surface area contributed by atoms with E-state index in [-0.39, 0.29) is 11.3 Å². The molecule has 1 amide bonds. The van der Waals surface area contributed by atoms with E-state index in [1.54, 1.807) is 11.3 Å². The van der Waals surface area contributed by atoms with Crippen LogP contribution in [0.15, 0.2) is 66.0 Å². The molecule has 6 nitrogen and oxygen atoms in total. The largest absolute Gasteiger partial charge is 0.351 e. The summed E-state index contributed by atoms with van der Waals surface area (Å²) in [4.78, 5) is 25.9. The number of thiazole rings is 1. The second-order valence-corrected chi connectivity index (χ2v) is 11.6. The molecule has 38 heavy (non-hydrogen) atoms. The first-order chi connectivity index (χ1) is 18.6. The topological polar surface area (TPSA) is 51.7 Å². The summed E-state index contributed by atoms with van der Waals surface area (Å²) < 4.78 is 0. The Balaban J connectivity index is 1.23. The van der Waals surface area contributed by atoms with Crippen LogP contribution in [-0.4, -0.2) is 91.0 Å². The zero-order chi connectivity index (χ0) is 26.2. The molecule has 0 bridgehead atoms. The number of amides is 1. The number of likely N-dealkylation sites (tertiary alicyclic amines) is 1. The number of carbonyl (C=O) groups is 1. The van der Waals surface area contributed by atoms with Gasteiger partial charge in [0.2, 0.25) is 0 Å². The van der Waals surface area contributed by atoms with Crippen LogP contribution >= 0.6 is 11.3 Å². The van der Waals surface area contributed by atoms with Crippen molar-refractivity contribution in [3.05, 3.63) is 76.6 Å². The highest BCUT2D eigenvalue weighted by molar-refractivity contribution is 7.10. The number of benzene rings is 2. The van der Waals surface area contributed by atoms with Gasteiger partial charge in [0.15, 0.2) is 0 Å². The minimum Gasteiger partial charge on any atom is -0.351 e. The highest BCUT2D eigenvalue weighted by atomic mass is 32.1. The lowest BCUT2D eigenvalue weighted by Gasteiger charge is -2.42. The van der Waals surface area contributed by atoms with Crippen molar-refractivity contribution in [2.45, 2.75) is 31.6 Å². The fourth-order valence-corrected chi connectivity index (χ4v) is 6.80. The third-order valence-electron chi connectivity index (χ3n) is 8.20. The van der Waals surface area contributed by atoms with E-state index in [0.717, 1.165) is 55.3 Å². The quantitative estimate of drug-likeness (QED) is 0.414. The second kappa shape index (κ2) is 13.0. The molecular weight excluding hydrogens is 490 g/mol. The number of carbonyl (C=O) groups excluding carboxylic acids is 1. The van der Waals surface area contributed by atoms with Gasteiger partial charge in [0.25, 0.3) is 5.91 Å². The van der Waals surface area contributed by atoms with Crippen molar-refractivity contribution in [2.24, 2.45) is 0 Å². The molecule has 3 aromatic rings.